The van der Waals surface area contributed by atoms with Crippen LogP contribution in [0, 0.1) is 0 Å². The molecule has 2 rings (SSSR count). The first-order valence-electron chi connectivity index (χ1n) is 5.25. The third-order valence-corrected chi connectivity index (χ3v) is 2.74. The van der Waals surface area contributed by atoms with Crippen LogP contribution in [0.1, 0.15) is 19.4 Å². The summed E-state index contributed by atoms with van der Waals surface area (Å²) in [6, 6.07) is 7.91. The molecule has 1 heterocycles. The number of rotatable bonds is 3. The Morgan fingerprint density at radius 2 is 1.94 bits per heavy atom. The summed E-state index contributed by atoms with van der Waals surface area (Å²) in [5.74, 6) is 0.619. The summed E-state index contributed by atoms with van der Waals surface area (Å²) in [6.07, 6.45) is 3.18. The van der Waals surface area contributed by atoms with Crippen molar-refractivity contribution in [1.29, 1.82) is 0 Å². The standard InChI is InChI=1S/C13H15NO2/c1-13(2,9-15)11-5-3-10(4-6-11)12-14-7-8-16-12/h3-8,15H,9H2,1-2H3. The quantitative estimate of drug-likeness (QED) is 0.859. The Kier molecular flexibility index (Phi) is 2.79. The predicted molar refractivity (Wildman–Crippen MR) is 62.1 cm³/mol. The molecule has 0 aliphatic rings. The van der Waals surface area contributed by atoms with Crippen molar-refractivity contribution in [3.8, 4) is 11.5 Å². The molecule has 0 unspecified atom stereocenters. The predicted octanol–water partition coefficient (Wildman–Crippen LogP) is 2.61. The molecule has 0 fully saturated rings. The summed E-state index contributed by atoms with van der Waals surface area (Å²) in [4.78, 5) is 4.08. The Balaban J connectivity index is 2.30. The van der Waals surface area contributed by atoms with E-state index in [1.54, 1.807) is 12.5 Å². The zero-order valence-electron chi connectivity index (χ0n) is 9.47. The van der Waals surface area contributed by atoms with Gasteiger partial charge >= 0.3 is 0 Å². The van der Waals surface area contributed by atoms with Crippen LogP contribution in [-0.4, -0.2) is 16.7 Å². The van der Waals surface area contributed by atoms with Crippen LogP contribution < -0.4 is 0 Å². The zero-order chi connectivity index (χ0) is 11.6. The van der Waals surface area contributed by atoms with E-state index in [4.69, 9.17) is 4.42 Å². The zero-order valence-corrected chi connectivity index (χ0v) is 9.47. The minimum atomic E-state index is -0.213. The highest BCUT2D eigenvalue weighted by atomic mass is 16.3. The SMILES string of the molecule is CC(C)(CO)c1ccc(-c2ncco2)cc1. The van der Waals surface area contributed by atoms with E-state index in [9.17, 15) is 5.11 Å². The fraction of sp³-hybridized carbons (Fsp3) is 0.308. The van der Waals surface area contributed by atoms with Crippen molar-refractivity contribution in [2.24, 2.45) is 0 Å². The normalized spacial score (nSPS) is 11.7. The lowest BCUT2D eigenvalue weighted by Crippen LogP contribution is -2.21. The van der Waals surface area contributed by atoms with Crippen LogP contribution in [0.15, 0.2) is 41.1 Å². The van der Waals surface area contributed by atoms with Crippen molar-refractivity contribution < 1.29 is 9.52 Å². The second-order valence-electron chi connectivity index (χ2n) is 4.46. The Hall–Kier alpha value is -1.61. The summed E-state index contributed by atoms with van der Waals surface area (Å²) in [6.45, 7) is 4.14. The van der Waals surface area contributed by atoms with Gasteiger partial charge in [0.1, 0.15) is 6.26 Å². The Labute approximate surface area is 94.8 Å². The number of aliphatic hydroxyl groups excluding tert-OH is 1. The van der Waals surface area contributed by atoms with Gasteiger partial charge in [0.15, 0.2) is 0 Å². The van der Waals surface area contributed by atoms with Gasteiger partial charge in [-0.25, -0.2) is 4.98 Å². The molecule has 3 nitrogen and oxygen atoms in total. The Bertz CT molecular complexity index is 443. The molecule has 84 valence electrons. The monoisotopic (exact) mass is 217 g/mol. The van der Waals surface area contributed by atoms with E-state index in [-0.39, 0.29) is 12.0 Å². The van der Waals surface area contributed by atoms with E-state index in [2.05, 4.69) is 4.98 Å². The minimum Gasteiger partial charge on any atom is -0.445 e. The van der Waals surface area contributed by atoms with Gasteiger partial charge in [-0.05, 0) is 17.7 Å². The van der Waals surface area contributed by atoms with Crippen LogP contribution in [0.4, 0.5) is 0 Å². The summed E-state index contributed by atoms with van der Waals surface area (Å²) >= 11 is 0. The molecular formula is C13H15NO2. The average Bonchev–Trinajstić information content (AvgIpc) is 2.83. The minimum absolute atomic E-state index is 0.130. The largest absolute Gasteiger partial charge is 0.445 e. The molecule has 0 atom stereocenters. The highest BCUT2D eigenvalue weighted by molar-refractivity contribution is 5.53. The molecule has 0 spiro atoms. The summed E-state index contributed by atoms with van der Waals surface area (Å²) in [5, 5.41) is 9.27. The van der Waals surface area contributed by atoms with Gasteiger partial charge in [0, 0.05) is 11.0 Å². The Morgan fingerprint density at radius 1 is 1.25 bits per heavy atom. The third-order valence-electron chi connectivity index (χ3n) is 2.74. The van der Waals surface area contributed by atoms with E-state index in [1.807, 2.05) is 38.1 Å². The number of nitrogens with zero attached hydrogens (tertiary/aromatic N) is 1. The molecule has 0 saturated carbocycles. The number of hydrogen-bond acceptors (Lipinski definition) is 3. The lowest BCUT2D eigenvalue weighted by atomic mass is 9.85. The Morgan fingerprint density at radius 3 is 2.44 bits per heavy atom. The van der Waals surface area contributed by atoms with Crippen molar-refractivity contribution >= 4 is 0 Å². The number of aliphatic hydroxyl groups is 1. The van der Waals surface area contributed by atoms with Gasteiger partial charge in [0.2, 0.25) is 5.89 Å². The van der Waals surface area contributed by atoms with Crippen molar-refractivity contribution in [3.05, 3.63) is 42.3 Å². The average molecular weight is 217 g/mol. The lowest BCUT2D eigenvalue weighted by molar-refractivity contribution is 0.218. The maximum absolute atomic E-state index is 9.27. The second kappa shape index (κ2) is 4.10. The molecule has 0 aliphatic heterocycles. The van der Waals surface area contributed by atoms with Crippen molar-refractivity contribution in [2.75, 3.05) is 6.61 Å². The first-order valence-corrected chi connectivity index (χ1v) is 5.25. The van der Waals surface area contributed by atoms with Gasteiger partial charge in [-0.1, -0.05) is 26.0 Å². The van der Waals surface area contributed by atoms with Crippen LogP contribution >= 0.6 is 0 Å². The number of aromatic nitrogens is 1. The molecule has 0 aliphatic carbocycles. The van der Waals surface area contributed by atoms with E-state index in [0.29, 0.717) is 5.89 Å². The molecular weight excluding hydrogens is 202 g/mol. The molecule has 0 amide bonds. The highest BCUT2D eigenvalue weighted by Gasteiger charge is 2.19. The molecule has 1 aromatic heterocycles. The maximum atomic E-state index is 9.27. The molecule has 1 N–H and O–H groups in total. The van der Waals surface area contributed by atoms with Gasteiger partial charge < -0.3 is 9.52 Å². The van der Waals surface area contributed by atoms with Crippen LogP contribution in [-0.2, 0) is 5.41 Å². The molecule has 3 heteroatoms. The van der Waals surface area contributed by atoms with Crippen LogP contribution in [0.3, 0.4) is 0 Å². The van der Waals surface area contributed by atoms with Crippen LogP contribution in [0.5, 0.6) is 0 Å². The highest BCUT2D eigenvalue weighted by Crippen LogP contribution is 2.25. The van der Waals surface area contributed by atoms with E-state index in [0.717, 1.165) is 11.1 Å². The summed E-state index contributed by atoms with van der Waals surface area (Å²) in [5.41, 5.74) is 1.84. The van der Waals surface area contributed by atoms with Gasteiger partial charge in [0.25, 0.3) is 0 Å². The third kappa shape index (κ3) is 1.99. The van der Waals surface area contributed by atoms with Gasteiger partial charge in [-0.3, -0.25) is 0 Å². The van der Waals surface area contributed by atoms with E-state index < -0.39 is 0 Å². The van der Waals surface area contributed by atoms with Crippen molar-refractivity contribution in [3.63, 3.8) is 0 Å². The van der Waals surface area contributed by atoms with Gasteiger partial charge in [-0.2, -0.15) is 0 Å². The fourth-order valence-electron chi connectivity index (χ4n) is 1.52. The molecule has 16 heavy (non-hydrogen) atoms. The summed E-state index contributed by atoms with van der Waals surface area (Å²) < 4.78 is 5.21. The smallest absolute Gasteiger partial charge is 0.225 e. The fourth-order valence-corrected chi connectivity index (χ4v) is 1.52. The van der Waals surface area contributed by atoms with Crippen molar-refractivity contribution in [2.45, 2.75) is 19.3 Å². The lowest BCUT2D eigenvalue weighted by Gasteiger charge is -2.22. The topological polar surface area (TPSA) is 46.3 Å². The van der Waals surface area contributed by atoms with Crippen LogP contribution in [0.2, 0.25) is 0 Å². The van der Waals surface area contributed by atoms with Gasteiger partial charge in [0.05, 0.1) is 12.8 Å². The van der Waals surface area contributed by atoms with E-state index >= 15 is 0 Å². The first-order chi connectivity index (χ1) is 7.63. The number of oxazole rings is 1. The maximum Gasteiger partial charge on any atom is 0.225 e. The van der Waals surface area contributed by atoms with Gasteiger partial charge in [-0.15, -0.1) is 0 Å². The molecule has 1 aromatic carbocycles. The van der Waals surface area contributed by atoms with E-state index in [1.165, 1.54) is 0 Å². The number of benzene rings is 1. The number of hydrogen-bond donors (Lipinski definition) is 1. The van der Waals surface area contributed by atoms with Crippen molar-refractivity contribution in [1.82, 2.24) is 4.98 Å². The molecule has 2 aromatic rings. The van der Waals surface area contributed by atoms with Crippen LogP contribution in [0.25, 0.3) is 11.5 Å². The summed E-state index contributed by atoms with van der Waals surface area (Å²) in [7, 11) is 0. The molecule has 0 saturated heterocycles. The first kappa shape index (κ1) is 10.9. The second-order valence-corrected chi connectivity index (χ2v) is 4.46. The molecule has 0 bridgehead atoms. The molecule has 0 radical (unpaired) electrons.